The summed E-state index contributed by atoms with van der Waals surface area (Å²) in [5.74, 6) is -1.20. The van der Waals surface area contributed by atoms with Gasteiger partial charge in [0.1, 0.15) is 12.4 Å². The van der Waals surface area contributed by atoms with Crippen molar-refractivity contribution in [1.29, 1.82) is 0 Å². The third kappa shape index (κ3) is 3.37. The highest BCUT2D eigenvalue weighted by molar-refractivity contribution is 5.51. The summed E-state index contributed by atoms with van der Waals surface area (Å²) in [5.41, 5.74) is 1.02. The predicted octanol–water partition coefficient (Wildman–Crippen LogP) is 3.05. The predicted molar refractivity (Wildman–Crippen MR) is 45.1 cm³/mol. The zero-order chi connectivity index (χ0) is 14.1. The van der Waals surface area contributed by atoms with Crippen molar-refractivity contribution in [2.45, 2.75) is 19.2 Å². The average molecular weight is 278 g/mol. The maximum absolute atomic E-state index is 12.3. The lowest BCUT2D eigenvalue weighted by Crippen LogP contribution is -2.20. The average Bonchev–Trinajstić information content (AvgIpc) is 2.13. The minimum atomic E-state index is -5.18. The minimum Gasteiger partial charge on any atom is -0.404 e. The lowest BCUT2D eigenvalue weighted by atomic mass is 10.2. The molecule has 0 atom stereocenters. The maximum Gasteiger partial charge on any atom is 0.573 e. The van der Waals surface area contributed by atoms with Gasteiger partial charge in [-0.05, 0) is 0 Å². The number of rotatable bonds is 2. The summed E-state index contributed by atoms with van der Waals surface area (Å²) in [6.45, 7) is -1.66. The number of nitrogens with two attached hydrogens (primary N) is 1. The molecule has 0 aliphatic heterocycles. The standard InChI is InChI=1S/C8H5F7N2O/c9-2-4-5(18-8(13,14)15)1-3(16)6(17-4)7(10,11)12/h1H,2,16H2. The van der Waals surface area contributed by atoms with Crippen molar-refractivity contribution in [2.24, 2.45) is 0 Å². The van der Waals surface area contributed by atoms with E-state index in [0.717, 1.165) is 0 Å². The van der Waals surface area contributed by atoms with Crippen LogP contribution in [0.25, 0.3) is 0 Å². The Kier molecular flexibility index (Phi) is 3.58. The minimum absolute atomic E-state index is 0.234. The normalized spacial score (nSPS) is 12.6. The number of pyridine rings is 1. The van der Waals surface area contributed by atoms with Crippen LogP contribution in [0, 0.1) is 0 Å². The van der Waals surface area contributed by atoms with E-state index in [4.69, 9.17) is 5.73 Å². The van der Waals surface area contributed by atoms with Gasteiger partial charge in [-0.25, -0.2) is 9.37 Å². The molecule has 0 saturated carbocycles. The molecule has 1 rings (SSSR count). The molecule has 0 amide bonds. The Hall–Kier alpha value is -1.74. The molecule has 0 saturated heterocycles. The number of anilines is 1. The molecular formula is C8H5F7N2O. The number of ether oxygens (including phenoxy) is 1. The van der Waals surface area contributed by atoms with E-state index in [1.807, 2.05) is 0 Å². The summed E-state index contributed by atoms with van der Waals surface area (Å²) in [6, 6.07) is 0.234. The summed E-state index contributed by atoms with van der Waals surface area (Å²) < 4.78 is 88.3. The molecule has 0 radical (unpaired) electrons. The molecule has 0 spiro atoms. The van der Waals surface area contributed by atoms with Gasteiger partial charge in [-0.2, -0.15) is 13.2 Å². The first-order valence-electron chi connectivity index (χ1n) is 4.23. The SMILES string of the molecule is Nc1cc(OC(F)(F)F)c(CF)nc1C(F)(F)F. The molecule has 0 fully saturated rings. The van der Waals surface area contributed by atoms with Crippen LogP contribution in [0.15, 0.2) is 6.07 Å². The zero-order valence-corrected chi connectivity index (χ0v) is 8.36. The van der Waals surface area contributed by atoms with Gasteiger partial charge in [-0.15, -0.1) is 13.2 Å². The van der Waals surface area contributed by atoms with E-state index in [9.17, 15) is 30.7 Å². The van der Waals surface area contributed by atoms with Gasteiger partial charge in [0.15, 0.2) is 11.4 Å². The van der Waals surface area contributed by atoms with Crippen LogP contribution in [0.5, 0.6) is 5.75 Å². The molecule has 10 heteroatoms. The van der Waals surface area contributed by atoms with Crippen molar-refractivity contribution in [1.82, 2.24) is 4.98 Å². The van der Waals surface area contributed by atoms with Crippen LogP contribution in [0.4, 0.5) is 36.4 Å². The summed E-state index contributed by atoms with van der Waals surface area (Å²) in [5, 5.41) is 0. The molecule has 18 heavy (non-hydrogen) atoms. The monoisotopic (exact) mass is 278 g/mol. The second-order valence-corrected chi connectivity index (χ2v) is 3.05. The van der Waals surface area contributed by atoms with Crippen molar-refractivity contribution in [2.75, 3.05) is 5.73 Å². The summed E-state index contributed by atoms with van der Waals surface area (Å²) in [4.78, 5) is 2.70. The molecular weight excluding hydrogens is 273 g/mol. The largest absolute Gasteiger partial charge is 0.573 e. The molecule has 0 unspecified atom stereocenters. The third-order valence-electron chi connectivity index (χ3n) is 1.71. The highest BCUT2D eigenvalue weighted by Gasteiger charge is 2.38. The van der Waals surface area contributed by atoms with Crippen molar-refractivity contribution in [3.63, 3.8) is 0 Å². The van der Waals surface area contributed by atoms with Crippen molar-refractivity contribution < 1.29 is 35.5 Å². The molecule has 0 bridgehead atoms. The molecule has 2 N–H and O–H groups in total. The molecule has 102 valence electrons. The first kappa shape index (κ1) is 14.3. The lowest BCUT2D eigenvalue weighted by Gasteiger charge is -2.15. The van der Waals surface area contributed by atoms with E-state index < -0.39 is 42.0 Å². The van der Waals surface area contributed by atoms with Gasteiger partial charge in [-0.3, -0.25) is 0 Å². The zero-order valence-electron chi connectivity index (χ0n) is 8.36. The van der Waals surface area contributed by atoms with Gasteiger partial charge in [0.05, 0.1) is 5.69 Å². The first-order chi connectivity index (χ1) is 8.04. The number of aromatic nitrogens is 1. The highest BCUT2D eigenvalue weighted by atomic mass is 19.4. The Balaban J connectivity index is 3.28. The van der Waals surface area contributed by atoms with E-state index in [1.165, 1.54) is 0 Å². The Bertz CT molecular complexity index is 440. The fraction of sp³-hybridized carbons (Fsp3) is 0.375. The van der Waals surface area contributed by atoms with E-state index in [1.54, 1.807) is 0 Å². The Labute approximate surface area is 95.4 Å². The Morgan fingerprint density at radius 3 is 2.11 bits per heavy atom. The van der Waals surface area contributed by atoms with Crippen molar-refractivity contribution >= 4 is 5.69 Å². The molecule has 1 heterocycles. The van der Waals surface area contributed by atoms with Gasteiger partial charge >= 0.3 is 12.5 Å². The van der Waals surface area contributed by atoms with Crippen LogP contribution in [-0.2, 0) is 12.9 Å². The topological polar surface area (TPSA) is 48.1 Å². The van der Waals surface area contributed by atoms with Gasteiger partial charge in [0, 0.05) is 6.07 Å². The summed E-state index contributed by atoms with van der Waals surface area (Å²) in [6.07, 6.45) is -10.2. The summed E-state index contributed by atoms with van der Waals surface area (Å²) in [7, 11) is 0. The van der Waals surface area contributed by atoms with E-state index in [-0.39, 0.29) is 6.07 Å². The smallest absolute Gasteiger partial charge is 0.404 e. The van der Waals surface area contributed by atoms with E-state index >= 15 is 0 Å². The fourth-order valence-corrected chi connectivity index (χ4v) is 1.08. The second kappa shape index (κ2) is 4.50. The second-order valence-electron chi connectivity index (χ2n) is 3.05. The highest BCUT2D eigenvalue weighted by Crippen LogP contribution is 2.36. The Morgan fingerprint density at radius 2 is 1.72 bits per heavy atom. The molecule has 3 nitrogen and oxygen atoms in total. The number of halogens is 7. The summed E-state index contributed by atoms with van der Waals surface area (Å²) >= 11 is 0. The van der Waals surface area contributed by atoms with Gasteiger partial charge in [0.2, 0.25) is 0 Å². The van der Waals surface area contributed by atoms with Crippen LogP contribution in [0.1, 0.15) is 11.4 Å². The molecule has 1 aromatic rings. The number of hydrogen-bond donors (Lipinski definition) is 1. The van der Waals surface area contributed by atoms with E-state index in [0.29, 0.717) is 0 Å². The van der Waals surface area contributed by atoms with Crippen LogP contribution in [-0.4, -0.2) is 11.3 Å². The maximum atomic E-state index is 12.3. The Morgan fingerprint density at radius 1 is 1.17 bits per heavy atom. The molecule has 1 aromatic heterocycles. The first-order valence-corrected chi connectivity index (χ1v) is 4.23. The quantitative estimate of drug-likeness (QED) is 0.846. The van der Waals surface area contributed by atoms with Crippen molar-refractivity contribution in [3.05, 3.63) is 17.5 Å². The van der Waals surface area contributed by atoms with Crippen LogP contribution < -0.4 is 10.5 Å². The molecule has 0 aliphatic carbocycles. The molecule has 0 aromatic carbocycles. The van der Waals surface area contributed by atoms with Gasteiger partial charge < -0.3 is 10.5 Å². The van der Waals surface area contributed by atoms with E-state index in [2.05, 4.69) is 9.72 Å². The van der Waals surface area contributed by atoms with Crippen molar-refractivity contribution in [3.8, 4) is 5.75 Å². The van der Waals surface area contributed by atoms with Crippen LogP contribution in [0.2, 0.25) is 0 Å². The number of nitrogen functional groups attached to an aromatic ring is 1. The lowest BCUT2D eigenvalue weighted by molar-refractivity contribution is -0.275. The fourth-order valence-electron chi connectivity index (χ4n) is 1.08. The van der Waals surface area contributed by atoms with Crippen LogP contribution in [0.3, 0.4) is 0 Å². The number of alkyl halides is 7. The molecule has 0 aliphatic rings. The number of hydrogen-bond acceptors (Lipinski definition) is 3. The third-order valence-corrected chi connectivity index (χ3v) is 1.71. The number of nitrogens with zero attached hydrogens (tertiary/aromatic N) is 1. The van der Waals surface area contributed by atoms with Crippen LogP contribution >= 0.6 is 0 Å². The van der Waals surface area contributed by atoms with Gasteiger partial charge in [-0.1, -0.05) is 0 Å². The van der Waals surface area contributed by atoms with Gasteiger partial charge in [0.25, 0.3) is 0 Å².